The van der Waals surface area contributed by atoms with Gasteiger partial charge in [0.25, 0.3) is 5.91 Å². The van der Waals surface area contributed by atoms with Crippen LogP contribution in [0, 0.1) is 0 Å². The molecule has 0 fully saturated rings. The molecule has 2 N–H and O–H groups in total. The molecule has 1 aliphatic rings. The normalized spacial score (nSPS) is 13.3. The Morgan fingerprint density at radius 2 is 1.83 bits per heavy atom. The van der Waals surface area contributed by atoms with Crippen molar-refractivity contribution in [3.05, 3.63) is 53.6 Å². The first-order valence-corrected chi connectivity index (χ1v) is 9.81. The largest absolute Gasteiger partial charge is 0.493 e. The summed E-state index contributed by atoms with van der Waals surface area (Å²) in [6.45, 7) is 5.21. The summed E-state index contributed by atoms with van der Waals surface area (Å²) < 4.78 is 16.6. The Labute approximate surface area is 170 Å². The van der Waals surface area contributed by atoms with Crippen LogP contribution >= 0.6 is 0 Å². The molecule has 0 aliphatic carbocycles. The average Bonchev–Trinajstić information content (AvgIpc) is 2.76. The molecule has 0 aromatic heterocycles. The number of rotatable bonds is 8. The molecule has 0 radical (unpaired) electrons. The molecular weight excluding hydrogens is 372 g/mol. The van der Waals surface area contributed by atoms with Gasteiger partial charge in [-0.1, -0.05) is 25.1 Å². The van der Waals surface area contributed by atoms with Crippen molar-refractivity contribution in [2.75, 3.05) is 26.4 Å². The second kappa shape index (κ2) is 9.82. The lowest BCUT2D eigenvalue weighted by atomic mass is 10.0. The van der Waals surface area contributed by atoms with Crippen molar-refractivity contribution < 1.29 is 23.8 Å². The van der Waals surface area contributed by atoms with Crippen molar-refractivity contribution in [1.82, 2.24) is 10.6 Å². The van der Waals surface area contributed by atoms with Gasteiger partial charge in [-0.05, 0) is 43.2 Å². The molecule has 2 aromatic carbocycles. The highest BCUT2D eigenvalue weighted by Gasteiger charge is 2.18. The van der Waals surface area contributed by atoms with Gasteiger partial charge < -0.3 is 24.8 Å². The van der Waals surface area contributed by atoms with Crippen LogP contribution in [0.3, 0.4) is 0 Å². The second-order valence-corrected chi connectivity index (χ2v) is 6.54. The van der Waals surface area contributed by atoms with Gasteiger partial charge in [-0.25, -0.2) is 0 Å². The van der Waals surface area contributed by atoms with Gasteiger partial charge in [-0.15, -0.1) is 0 Å². The van der Waals surface area contributed by atoms with Crippen molar-refractivity contribution in [3.63, 3.8) is 0 Å². The van der Waals surface area contributed by atoms with Crippen LogP contribution in [-0.2, 0) is 4.79 Å². The van der Waals surface area contributed by atoms with Gasteiger partial charge in [-0.3, -0.25) is 9.59 Å². The van der Waals surface area contributed by atoms with E-state index in [1.807, 2.05) is 32.0 Å². The summed E-state index contributed by atoms with van der Waals surface area (Å²) >= 11 is 0. The van der Waals surface area contributed by atoms with Crippen LogP contribution in [0.2, 0.25) is 0 Å². The van der Waals surface area contributed by atoms with E-state index in [4.69, 9.17) is 14.2 Å². The maximum Gasteiger partial charge on any atom is 0.255 e. The van der Waals surface area contributed by atoms with Crippen LogP contribution in [0.4, 0.5) is 0 Å². The molecule has 1 atom stereocenters. The van der Waals surface area contributed by atoms with Crippen molar-refractivity contribution in [1.29, 1.82) is 0 Å². The smallest absolute Gasteiger partial charge is 0.255 e. The molecule has 1 aliphatic heterocycles. The lowest BCUT2D eigenvalue weighted by Gasteiger charge is -2.22. The van der Waals surface area contributed by atoms with Crippen LogP contribution in [0.15, 0.2) is 42.5 Å². The van der Waals surface area contributed by atoms with E-state index in [9.17, 15) is 9.59 Å². The third-order valence-corrected chi connectivity index (χ3v) is 4.55. The summed E-state index contributed by atoms with van der Waals surface area (Å²) in [6.07, 6.45) is 0.701. The molecule has 0 spiro atoms. The Hall–Kier alpha value is -3.22. The van der Waals surface area contributed by atoms with Gasteiger partial charge in [-0.2, -0.15) is 0 Å². The number of amides is 2. The van der Waals surface area contributed by atoms with Gasteiger partial charge >= 0.3 is 0 Å². The van der Waals surface area contributed by atoms with E-state index in [1.165, 1.54) is 0 Å². The fourth-order valence-corrected chi connectivity index (χ4v) is 3.13. The number of fused-ring (bicyclic) bond motifs is 1. The average molecular weight is 398 g/mol. The summed E-state index contributed by atoms with van der Waals surface area (Å²) in [5.41, 5.74) is 1.33. The van der Waals surface area contributed by atoms with E-state index in [0.29, 0.717) is 49.1 Å². The predicted octanol–water partition coefficient (Wildman–Crippen LogP) is 2.85. The van der Waals surface area contributed by atoms with Crippen LogP contribution in [0.1, 0.15) is 42.2 Å². The monoisotopic (exact) mass is 398 g/mol. The molecule has 0 saturated heterocycles. The predicted molar refractivity (Wildman–Crippen MR) is 109 cm³/mol. The number of hydrogen-bond acceptors (Lipinski definition) is 5. The molecule has 0 bridgehead atoms. The van der Waals surface area contributed by atoms with E-state index in [0.717, 1.165) is 5.56 Å². The lowest BCUT2D eigenvalue weighted by molar-refractivity contribution is -0.120. The molecule has 2 aromatic rings. The Kier molecular flexibility index (Phi) is 6.94. The first-order valence-electron chi connectivity index (χ1n) is 9.81. The minimum atomic E-state index is -0.350. The summed E-state index contributed by atoms with van der Waals surface area (Å²) in [5, 5.41) is 5.61. The topological polar surface area (TPSA) is 85.9 Å². The van der Waals surface area contributed by atoms with Crippen molar-refractivity contribution in [2.45, 2.75) is 26.3 Å². The van der Waals surface area contributed by atoms with Crippen LogP contribution < -0.4 is 24.8 Å². The number of benzene rings is 2. The van der Waals surface area contributed by atoms with Crippen molar-refractivity contribution in [3.8, 4) is 17.2 Å². The maximum atomic E-state index is 12.4. The Balaban J connectivity index is 1.59. The molecule has 1 heterocycles. The molecule has 0 saturated carbocycles. The highest BCUT2D eigenvalue weighted by atomic mass is 16.6. The third-order valence-electron chi connectivity index (χ3n) is 4.55. The zero-order valence-corrected chi connectivity index (χ0v) is 16.7. The number of nitrogens with one attached hydrogen (secondary N) is 2. The highest BCUT2D eigenvalue weighted by molar-refractivity contribution is 5.98. The van der Waals surface area contributed by atoms with E-state index >= 15 is 0 Å². The zero-order chi connectivity index (χ0) is 20.6. The molecule has 2 amide bonds. The number of carbonyl (C=O) groups is 2. The summed E-state index contributed by atoms with van der Waals surface area (Å²) in [6, 6.07) is 12.4. The van der Waals surface area contributed by atoms with Crippen molar-refractivity contribution >= 4 is 11.8 Å². The number of hydrogen-bond donors (Lipinski definition) is 2. The van der Waals surface area contributed by atoms with Crippen molar-refractivity contribution in [2.24, 2.45) is 0 Å². The van der Waals surface area contributed by atoms with Gasteiger partial charge in [0.05, 0.1) is 24.8 Å². The van der Waals surface area contributed by atoms with Gasteiger partial charge in [0.2, 0.25) is 5.91 Å². The van der Waals surface area contributed by atoms with E-state index in [2.05, 4.69) is 10.6 Å². The fourth-order valence-electron chi connectivity index (χ4n) is 3.13. The fraction of sp³-hybridized carbons (Fsp3) is 0.364. The molecule has 1 unspecified atom stereocenters. The Morgan fingerprint density at radius 3 is 2.59 bits per heavy atom. The summed E-state index contributed by atoms with van der Waals surface area (Å²) in [4.78, 5) is 24.8. The SMILES string of the molecule is CCOc1ccccc1C(=O)NCC(=O)NC(CC)c1ccc2c(c1)OCCO2. The lowest BCUT2D eigenvalue weighted by Crippen LogP contribution is -2.38. The van der Waals surface area contributed by atoms with E-state index in [-0.39, 0.29) is 24.4 Å². The van der Waals surface area contributed by atoms with Crippen LogP contribution in [0.5, 0.6) is 17.2 Å². The van der Waals surface area contributed by atoms with E-state index in [1.54, 1.807) is 24.3 Å². The highest BCUT2D eigenvalue weighted by Crippen LogP contribution is 2.33. The van der Waals surface area contributed by atoms with E-state index < -0.39 is 0 Å². The minimum absolute atomic E-state index is 0.125. The minimum Gasteiger partial charge on any atom is -0.493 e. The zero-order valence-electron chi connectivity index (χ0n) is 16.7. The molecule has 154 valence electrons. The quantitative estimate of drug-likeness (QED) is 0.714. The number of carbonyl (C=O) groups excluding carboxylic acids is 2. The Morgan fingerprint density at radius 1 is 1.07 bits per heavy atom. The van der Waals surface area contributed by atoms with Crippen LogP contribution in [0.25, 0.3) is 0 Å². The molecule has 29 heavy (non-hydrogen) atoms. The van der Waals surface area contributed by atoms with Crippen LogP contribution in [-0.4, -0.2) is 38.2 Å². The second-order valence-electron chi connectivity index (χ2n) is 6.54. The van der Waals surface area contributed by atoms with Gasteiger partial charge in [0.1, 0.15) is 19.0 Å². The molecule has 3 rings (SSSR count). The standard InChI is InChI=1S/C22H26N2O5/c1-3-17(15-9-10-19-20(13-15)29-12-11-28-19)24-21(25)14-23-22(26)16-7-5-6-8-18(16)27-4-2/h5-10,13,17H,3-4,11-12,14H2,1-2H3,(H,23,26)(H,24,25). The van der Waals surface area contributed by atoms with Gasteiger partial charge in [0.15, 0.2) is 11.5 Å². The first-order chi connectivity index (χ1) is 14.1. The number of ether oxygens (including phenoxy) is 3. The first kappa shape index (κ1) is 20.5. The summed E-state index contributed by atoms with van der Waals surface area (Å²) in [7, 11) is 0. The summed E-state index contributed by atoms with van der Waals surface area (Å²) in [5.74, 6) is 1.27. The van der Waals surface area contributed by atoms with Gasteiger partial charge in [0, 0.05) is 0 Å². The Bertz CT molecular complexity index is 868. The molecular formula is C22H26N2O5. The molecule has 7 nitrogen and oxygen atoms in total. The number of para-hydroxylation sites is 1. The maximum absolute atomic E-state index is 12.4. The molecule has 7 heteroatoms. The third kappa shape index (κ3) is 5.19.